The van der Waals surface area contributed by atoms with Gasteiger partial charge >= 0.3 is 5.97 Å². The zero-order chi connectivity index (χ0) is 8.15. The molecule has 4 heteroatoms. The molecule has 56 valence electrons. The Labute approximate surface area is 59.1 Å². The quantitative estimate of drug-likeness (QED) is 0.389. The molecule has 0 radical (unpaired) electrons. The topological polar surface area (TPSA) is 73.2 Å². The highest BCUT2D eigenvalue weighted by Crippen LogP contribution is 1.93. The van der Waals surface area contributed by atoms with Crippen molar-refractivity contribution in [2.75, 3.05) is 7.05 Å². The highest BCUT2D eigenvalue weighted by atomic mass is 16.4. The third-order valence-corrected chi connectivity index (χ3v) is 0.923. The number of carbonyl (C=O) groups is 1. The molecule has 0 heterocycles. The van der Waals surface area contributed by atoms with E-state index < -0.39 is 5.97 Å². The SMILES string of the molecule is CN/C=C(\C(C)=N)C(=O)O. The van der Waals surface area contributed by atoms with Gasteiger partial charge in [0.05, 0.1) is 5.57 Å². The molecule has 0 saturated heterocycles. The first-order chi connectivity index (χ1) is 4.59. The zero-order valence-electron chi connectivity index (χ0n) is 5.93. The second kappa shape index (κ2) is 3.66. The molecule has 0 amide bonds. The van der Waals surface area contributed by atoms with Gasteiger partial charge in [0.1, 0.15) is 0 Å². The number of carboxylic acids is 1. The average Bonchev–Trinajstić information content (AvgIpc) is 1.81. The summed E-state index contributed by atoms with van der Waals surface area (Å²) in [6.07, 6.45) is 1.28. The maximum atomic E-state index is 10.3. The molecule has 0 aromatic rings. The van der Waals surface area contributed by atoms with E-state index in [2.05, 4.69) is 5.32 Å². The van der Waals surface area contributed by atoms with E-state index in [-0.39, 0.29) is 11.3 Å². The van der Waals surface area contributed by atoms with E-state index in [0.29, 0.717) is 0 Å². The first-order valence-electron chi connectivity index (χ1n) is 2.76. The first kappa shape index (κ1) is 8.68. The lowest BCUT2D eigenvalue weighted by atomic mass is 10.2. The molecular weight excluding hydrogens is 132 g/mol. The smallest absolute Gasteiger partial charge is 0.338 e. The second-order valence-corrected chi connectivity index (χ2v) is 1.78. The Kier molecular flexibility index (Phi) is 3.17. The third-order valence-electron chi connectivity index (χ3n) is 0.923. The Morgan fingerprint density at radius 1 is 1.70 bits per heavy atom. The molecule has 0 aliphatic heterocycles. The van der Waals surface area contributed by atoms with Gasteiger partial charge in [0.25, 0.3) is 0 Å². The Bertz CT molecular complexity index is 168. The molecule has 0 atom stereocenters. The van der Waals surface area contributed by atoms with Gasteiger partial charge in [-0.25, -0.2) is 4.79 Å². The molecule has 10 heavy (non-hydrogen) atoms. The molecule has 3 N–H and O–H groups in total. The van der Waals surface area contributed by atoms with E-state index in [4.69, 9.17) is 10.5 Å². The van der Waals surface area contributed by atoms with Crippen LogP contribution in [0, 0.1) is 5.41 Å². The molecule has 4 nitrogen and oxygen atoms in total. The Hall–Kier alpha value is -1.32. The highest BCUT2D eigenvalue weighted by Gasteiger charge is 2.07. The van der Waals surface area contributed by atoms with Crippen molar-refractivity contribution in [1.29, 1.82) is 5.41 Å². The van der Waals surface area contributed by atoms with E-state index in [9.17, 15) is 4.79 Å². The highest BCUT2D eigenvalue weighted by molar-refractivity contribution is 6.16. The number of hydrogen-bond acceptors (Lipinski definition) is 3. The second-order valence-electron chi connectivity index (χ2n) is 1.78. The fourth-order valence-electron chi connectivity index (χ4n) is 0.475. The van der Waals surface area contributed by atoms with Gasteiger partial charge in [-0.1, -0.05) is 0 Å². The van der Waals surface area contributed by atoms with E-state index in [1.807, 2.05) is 0 Å². The van der Waals surface area contributed by atoms with Crippen molar-refractivity contribution in [3.63, 3.8) is 0 Å². The minimum Gasteiger partial charge on any atom is -0.478 e. The Balaban J connectivity index is 4.42. The predicted molar refractivity (Wildman–Crippen MR) is 38.2 cm³/mol. The third kappa shape index (κ3) is 2.30. The normalized spacial score (nSPS) is 10.8. The number of hydrogen-bond donors (Lipinski definition) is 3. The van der Waals surface area contributed by atoms with Crippen LogP contribution in [0.5, 0.6) is 0 Å². The summed E-state index contributed by atoms with van der Waals surface area (Å²) >= 11 is 0. The predicted octanol–water partition coefficient (Wildman–Crippen LogP) is 0.214. The number of carboxylic acid groups (broad SMARTS) is 1. The molecule has 0 rings (SSSR count). The van der Waals surface area contributed by atoms with Crippen molar-refractivity contribution >= 4 is 11.7 Å². The average molecular weight is 142 g/mol. The lowest BCUT2D eigenvalue weighted by molar-refractivity contribution is -0.132. The maximum Gasteiger partial charge on any atom is 0.338 e. The van der Waals surface area contributed by atoms with Gasteiger partial charge in [-0.05, 0) is 6.92 Å². The molecular formula is C6H10N2O2. The fraction of sp³-hybridized carbons (Fsp3) is 0.333. The summed E-state index contributed by atoms with van der Waals surface area (Å²) in [5.74, 6) is -1.08. The standard InChI is InChI=1S/C6H10N2O2/c1-4(7)5(3-8-2)6(9)10/h3,7-8H,1-2H3,(H,9,10)/b5-3+,7-4?. The van der Waals surface area contributed by atoms with Gasteiger partial charge in [0.15, 0.2) is 0 Å². The van der Waals surface area contributed by atoms with E-state index in [1.165, 1.54) is 13.1 Å². The molecule has 0 aromatic carbocycles. The van der Waals surface area contributed by atoms with Gasteiger partial charge in [0, 0.05) is 19.0 Å². The van der Waals surface area contributed by atoms with Gasteiger partial charge in [0.2, 0.25) is 0 Å². The minimum absolute atomic E-state index is 0.0116. The lowest BCUT2D eigenvalue weighted by Gasteiger charge is -1.97. The summed E-state index contributed by atoms with van der Waals surface area (Å²) in [5.41, 5.74) is 0.0318. The van der Waals surface area contributed by atoms with Crippen molar-refractivity contribution in [3.8, 4) is 0 Å². The number of rotatable bonds is 3. The van der Waals surface area contributed by atoms with E-state index in [0.717, 1.165) is 0 Å². The van der Waals surface area contributed by atoms with Crippen molar-refractivity contribution in [2.45, 2.75) is 6.92 Å². The number of nitrogens with one attached hydrogen (secondary N) is 2. The van der Waals surface area contributed by atoms with Crippen molar-refractivity contribution < 1.29 is 9.90 Å². The van der Waals surface area contributed by atoms with Crippen LogP contribution >= 0.6 is 0 Å². The minimum atomic E-state index is -1.08. The van der Waals surface area contributed by atoms with E-state index in [1.54, 1.807) is 7.05 Å². The number of aliphatic carboxylic acids is 1. The van der Waals surface area contributed by atoms with Gasteiger partial charge in [-0.2, -0.15) is 0 Å². The summed E-state index contributed by atoms with van der Waals surface area (Å²) in [7, 11) is 1.59. The summed E-state index contributed by atoms with van der Waals surface area (Å²) in [6, 6.07) is 0. The lowest BCUT2D eigenvalue weighted by Crippen LogP contribution is -2.11. The van der Waals surface area contributed by atoms with Crippen LogP contribution in [0.2, 0.25) is 0 Å². The summed E-state index contributed by atoms with van der Waals surface area (Å²) in [4.78, 5) is 10.3. The molecule has 0 fully saturated rings. The van der Waals surface area contributed by atoms with Crippen LogP contribution in [-0.2, 0) is 4.79 Å². The zero-order valence-corrected chi connectivity index (χ0v) is 5.93. The molecule has 0 aliphatic carbocycles. The molecule has 0 unspecified atom stereocenters. The molecule has 0 saturated carbocycles. The van der Waals surface area contributed by atoms with Crippen LogP contribution in [0.15, 0.2) is 11.8 Å². The Morgan fingerprint density at radius 2 is 2.20 bits per heavy atom. The molecule has 0 bridgehead atoms. The summed E-state index contributed by atoms with van der Waals surface area (Å²) in [6.45, 7) is 1.43. The van der Waals surface area contributed by atoms with Gasteiger partial charge in [-0.3, -0.25) is 0 Å². The van der Waals surface area contributed by atoms with Crippen LogP contribution in [0.3, 0.4) is 0 Å². The maximum absolute atomic E-state index is 10.3. The van der Waals surface area contributed by atoms with Crippen LogP contribution in [-0.4, -0.2) is 23.8 Å². The summed E-state index contributed by atoms with van der Waals surface area (Å²) < 4.78 is 0. The Morgan fingerprint density at radius 3 is 2.30 bits per heavy atom. The van der Waals surface area contributed by atoms with Crippen LogP contribution in [0.4, 0.5) is 0 Å². The van der Waals surface area contributed by atoms with Crippen LogP contribution in [0.25, 0.3) is 0 Å². The van der Waals surface area contributed by atoms with Crippen molar-refractivity contribution in [3.05, 3.63) is 11.8 Å². The monoisotopic (exact) mass is 142 g/mol. The van der Waals surface area contributed by atoms with E-state index >= 15 is 0 Å². The molecule has 0 aromatic heterocycles. The van der Waals surface area contributed by atoms with Gasteiger partial charge < -0.3 is 15.8 Å². The molecule has 0 spiro atoms. The summed E-state index contributed by atoms with van der Waals surface area (Å²) in [5, 5.41) is 18.0. The largest absolute Gasteiger partial charge is 0.478 e. The molecule has 0 aliphatic rings. The van der Waals surface area contributed by atoms with Crippen LogP contribution in [0.1, 0.15) is 6.92 Å². The van der Waals surface area contributed by atoms with Gasteiger partial charge in [-0.15, -0.1) is 0 Å². The van der Waals surface area contributed by atoms with Crippen molar-refractivity contribution in [2.24, 2.45) is 0 Å². The van der Waals surface area contributed by atoms with Crippen molar-refractivity contribution in [1.82, 2.24) is 5.32 Å². The van der Waals surface area contributed by atoms with Crippen LogP contribution < -0.4 is 5.32 Å². The fourth-order valence-corrected chi connectivity index (χ4v) is 0.475. The first-order valence-corrected chi connectivity index (χ1v) is 2.76.